The predicted octanol–water partition coefficient (Wildman–Crippen LogP) is 5.49. The first-order valence-electron chi connectivity index (χ1n) is 11.4. The molecule has 0 saturated carbocycles. The summed E-state index contributed by atoms with van der Waals surface area (Å²) in [6.45, 7) is 3.04. The number of thiazole rings is 1. The number of nitrogens with one attached hydrogen (secondary N) is 1. The number of carbonyl (C=O) groups is 1. The monoisotopic (exact) mass is 485 g/mol. The summed E-state index contributed by atoms with van der Waals surface area (Å²) < 4.78 is 19.6. The zero-order chi connectivity index (χ0) is 23.9. The number of hydrogen-bond acceptors (Lipinski definition) is 6. The van der Waals surface area contributed by atoms with E-state index < -0.39 is 0 Å². The molecular formula is C27H23N3O4S. The zero-order valence-electron chi connectivity index (χ0n) is 19.3. The maximum atomic E-state index is 13.0. The van der Waals surface area contributed by atoms with Crippen molar-refractivity contribution in [2.45, 2.75) is 13.0 Å². The van der Waals surface area contributed by atoms with Crippen molar-refractivity contribution >= 4 is 32.4 Å². The van der Waals surface area contributed by atoms with Crippen LogP contribution in [0.2, 0.25) is 0 Å². The SMILES string of the molecule is COc1ccc(-c2cn3c(n2)sc2cc(C(=O)NC(C)c4ccc5c(c4)OCCO5)ccc23)cc1. The van der Waals surface area contributed by atoms with Crippen LogP contribution in [0.5, 0.6) is 17.2 Å². The highest BCUT2D eigenvalue weighted by atomic mass is 32.1. The molecule has 0 saturated heterocycles. The van der Waals surface area contributed by atoms with Crippen LogP contribution in [0.3, 0.4) is 0 Å². The Morgan fingerprint density at radius 2 is 1.86 bits per heavy atom. The van der Waals surface area contributed by atoms with Gasteiger partial charge in [0.05, 0.1) is 29.1 Å². The third kappa shape index (κ3) is 3.95. The molecule has 35 heavy (non-hydrogen) atoms. The van der Waals surface area contributed by atoms with Crippen molar-refractivity contribution in [1.29, 1.82) is 0 Å². The third-order valence-corrected chi connectivity index (χ3v) is 7.17. The van der Waals surface area contributed by atoms with Crippen LogP contribution in [0.4, 0.5) is 0 Å². The van der Waals surface area contributed by atoms with Crippen molar-refractivity contribution in [1.82, 2.24) is 14.7 Å². The van der Waals surface area contributed by atoms with Gasteiger partial charge in [0.15, 0.2) is 16.5 Å². The number of hydrogen-bond donors (Lipinski definition) is 1. The predicted molar refractivity (Wildman–Crippen MR) is 136 cm³/mol. The lowest BCUT2D eigenvalue weighted by atomic mass is 10.1. The van der Waals surface area contributed by atoms with Gasteiger partial charge in [0.1, 0.15) is 19.0 Å². The molecule has 1 amide bonds. The number of fused-ring (bicyclic) bond motifs is 4. The lowest BCUT2D eigenvalue weighted by Crippen LogP contribution is -2.26. The lowest BCUT2D eigenvalue weighted by molar-refractivity contribution is 0.0940. The van der Waals surface area contributed by atoms with E-state index in [1.165, 1.54) is 0 Å². The lowest BCUT2D eigenvalue weighted by Gasteiger charge is -2.21. The number of methoxy groups -OCH3 is 1. The first-order chi connectivity index (χ1) is 17.1. The molecule has 176 valence electrons. The Labute approximate surface area is 205 Å². The van der Waals surface area contributed by atoms with E-state index in [2.05, 4.69) is 9.72 Å². The number of benzene rings is 3. The molecule has 0 radical (unpaired) electrons. The van der Waals surface area contributed by atoms with Crippen LogP contribution < -0.4 is 19.5 Å². The number of imidazole rings is 1. The highest BCUT2D eigenvalue weighted by Gasteiger charge is 2.18. The van der Waals surface area contributed by atoms with E-state index in [1.54, 1.807) is 18.4 Å². The van der Waals surface area contributed by atoms with Crippen molar-refractivity contribution in [3.05, 3.63) is 78.0 Å². The molecule has 1 atom stereocenters. The molecule has 5 aromatic rings. The summed E-state index contributed by atoms with van der Waals surface area (Å²) in [6, 6.07) is 19.2. The fourth-order valence-electron chi connectivity index (χ4n) is 4.24. The normalized spacial score (nSPS) is 13.7. The van der Waals surface area contributed by atoms with Crippen molar-refractivity contribution in [3.8, 4) is 28.5 Å². The summed E-state index contributed by atoms with van der Waals surface area (Å²) in [5.74, 6) is 2.14. The number of amides is 1. The zero-order valence-corrected chi connectivity index (χ0v) is 20.1. The second-order valence-electron chi connectivity index (χ2n) is 8.39. The van der Waals surface area contributed by atoms with E-state index in [0.29, 0.717) is 24.5 Å². The minimum atomic E-state index is -0.179. The molecule has 0 spiro atoms. The standard InChI is InChI=1S/C27H23N3O4S/c1-16(18-6-10-23-24(13-18)34-12-11-33-23)28-26(31)19-5-9-22-25(14-19)35-27-29-21(15-30(22)27)17-3-7-20(32-2)8-4-17/h3-10,13-16H,11-12H2,1-2H3,(H,28,31). The van der Waals surface area contributed by atoms with Crippen molar-refractivity contribution in [3.63, 3.8) is 0 Å². The van der Waals surface area contributed by atoms with Crippen LogP contribution in [0.1, 0.15) is 28.9 Å². The second-order valence-corrected chi connectivity index (χ2v) is 9.40. The number of carbonyl (C=O) groups excluding carboxylic acids is 1. The minimum absolute atomic E-state index is 0.126. The summed E-state index contributed by atoms with van der Waals surface area (Å²) in [7, 11) is 1.65. The molecule has 7 nitrogen and oxygen atoms in total. The Balaban J connectivity index is 1.23. The van der Waals surface area contributed by atoms with Gasteiger partial charge in [-0.05, 0) is 67.1 Å². The first kappa shape index (κ1) is 21.5. The van der Waals surface area contributed by atoms with Gasteiger partial charge in [-0.15, -0.1) is 0 Å². The average molecular weight is 486 g/mol. The van der Waals surface area contributed by atoms with Gasteiger partial charge in [0.25, 0.3) is 5.91 Å². The summed E-state index contributed by atoms with van der Waals surface area (Å²) in [6.07, 6.45) is 2.03. The van der Waals surface area contributed by atoms with Gasteiger partial charge in [-0.25, -0.2) is 4.98 Å². The second kappa shape index (κ2) is 8.63. The van der Waals surface area contributed by atoms with Crippen molar-refractivity contribution in [2.24, 2.45) is 0 Å². The van der Waals surface area contributed by atoms with Crippen molar-refractivity contribution < 1.29 is 19.0 Å². The maximum Gasteiger partial charge on any atom is 0.251 e. The van der Waals surface area contributed by atoms with Crippen LogP contribution in [0.15, 0.2) is 66.9 Å². The molecule has 8 heteroatoms. The molecule has 0 fully saturated rings. The topological polar surface area (TPSA) is 74.1 Å². The van der Waals surface area contributed by atoms with Crippen molar-refractivity contribution in [2.75, 3.05) is 20.3 Å². The molecule has 6 rings (SSSR count). The van der Waals surface area contributed by atoms with Crippen LogP contribution in [0.25, 0.3) is 26.4 Å². The first-order valence-corrected chi connectivity index (χ1v) is 12.2. The number of nitrogens with zero attached hydrogens (tertiary/aromatic N) is 2. The fraction of sp³-hybridized carbons (Fsp3) is 0.185. The van der Waals surface area contributed by atoms with E-state index in [4.69, 9.17) is 19.2 Å². The largest absolute Gasteiger partial charge is 0.497 e. The Kier molecular flexibility index (Phi) is 5.30. The van der Waals surface area contributed by atoms with Crippen LogP contribution in [-0.4, -0.2) is 35.6 Å². The summed E-state index contributed by atoms with van der Waals surface area (Å²) in [5, 5.41) is 3.09. The molecule has 1 aliphatic rings. The Bertz CT molecular complexity index is 1550. The molecule has 1 unspecified atom stereocenters. The van der Waals surface area contributed by atoms with Crippen LogP contribution >= 0.6 is 11.3 Å². The average Bonchev–Trinajstić information content (AvgIpc) is 3.46. The number of aromatic nitrogens is 2. The van der Waals surface area contributed by atoms with Gasteiger partial charge in [0, 0.05) is 17.3 Å². The number of ether oxygens (including phenoxy) is 3. The highest BCUT2D eigenvalue weighted by Crippen LogP contribution is 2.33. The van der Waals surface area contributed by atoms with E-state index >= 15 is 0 Å². The molecular weight excluding hydrogens is 462 g/mol. The van der Waals surface area contributed by atoms with Gasteiger partial charge in [0.2, 0.25) is 0 Å². The fourth-order valence-corrected chi connectivity index (χ4v) is 5.28. The Hall–Kier alpha value is -4.04. The highest BCUT2D eigenvalue weighted by molar-refractivity contribution is 7.23. The van der Waals surface area contributed by atoms with Crippen LogP contribution in [-0.2, 0) is 0 Å². The van der Waals surface area contributed by atoms with E-state index in [-0.39, 0.29) is 11.9 Å². The molecule has 0 bridgehead atoms. The smallest absolute Gasteiger partial charge is 0.251 e. The van der Waals surface area contributed by atoms with E-state index in [9.17, 15) is 4.79 Å². The maximum absolute atomic E-state index is 13.0. The summed E-state index contributed by atoms with van der Waals surface area (Å²) in [4.78, 5) is 18.7. The molecule has 1 aliphatic heterocycles. The minimum Gasteiger partial charge on any atom is -0.497 e. The molecule has 2 aromatic heterocycles. The quantitative estimate of drug-likeness (QED) is 0.357. The van der Waals surface area contributed by atoms with E-state index in [1.807, 2.05) is 73.8 Å². The third-order valence-electron chi connectivity index (χ3n) is 6.16. The van der Waals surface area contributed by atoms with Gasteiger partial charge in [-0.1, -0.05) is 17.4 Å². The molecule has 1 N–H and O–H groups in total. The van der Waals surface area contributed by atoms with Gasteiger partial charge >= 0.3 is 0 Å². The molecule has 0 aliphatic carbocycles. The Morgan fingerprint density at radius 3 is 2.66 bits per heavy atom. The molecule has 3 aromatic carbocycles. The Morgan fingerprint density at radius 1 is 1.06 bits per heavy atom. The van der Waals surface area contributed by atoms with Gasteiger partial charge in [-0.2, -0.15) is 0 Å². The summed E-state index contributed by atoms with van der Waals surface area (Å²) >= 11 is 1.56. The van der Waals surface area contributed by atoms with E-state index in [0.717, 1.165) is 43.5 Å². The number of rotatable bonds is 5. The van der Waals surface area contributed by atoms with Crippen LogP contribution in [0, 0.1) is 0 Å². The summed E-state index contributed by atoms with van der Waals surface area (Å²) in [5.41, 5.74) is 4.52. The molecule has 3 heterocycles. The van der Waals surface area contributed by atoms with Gasteiger partial charge in [-0.3, -0.25) is 9.20 Å². The van der Waals surface area contributed by atoms with Gasteiger partial charge < -0.3 is 19.5 Å².